The molecule has 0 aliphatic carbocycles. The van der Waals surface area contributed by atoms with Crippen LogP contribution in [-0.2, 0) is 4.74 Å². The van der Waals surface area contributed by atoms with Gasteiger partial charge in [0.05, 0.1) is 19.0 Å². The Hall–Kier alpha value is -1.78. The summed E-state index contributed by atoms with van der Waals surface area (Å²) in [5, 5.41) is 11.1. The second-order valence-corrected chi connectivity index (χ2v) is 2.72. The first-order valence-corrected chi connectivity index (χ1v) is 4.50. The van der Waals surface area contributed by atoms with Crippen molar-refractivity contribution in [2.75, 3.05) is 14.2 Å². The second kappa shape index (κ2) is 7.61. The SMILES string of the molecule is C=NN(C)/C=C(\C)N(/C=C\OC)/N=C/C. The van der Waals surface area contributed by atoms with Crippen molar-refractivity contribution in [1.29, 1.82) is 0 Å². The molecule has 0 aliphatic heterocycles. The van der Waals surface area contributed by atoms with Crippen LogP contribution in [0.5, 0.6) is 0 Å². The molecule has 0 rings (SSSR count). The number of hydrazone groups is 2. The lowest BCUT2D eigenvalue weighted by Crippen LogP contribution is -2.11. The summed E-state index contributed by atoms with van der Waals surface area (Å²) in [6.45, 7) is 7.17. The first kappa shape index (κ1) is 13.2. The fourth-order valence-corrected chi connectivity index (χ4v) is 0.860. The van der Waals surface area contributed by atoms with Crippen molar-refractivity contribution in [3.05, 3.63) is 24.4 Å². The zero-order valence-electron chi connectivity index (χ0n) is 9.71. The Balaban J connectivity index is 4.67. The van der Waals surface area contributed by atoms with Crippen LogP contribution >= 0.6 is 0 Å². The quantitative estimate of drug-likeness (QED) is 0.381. The largest absolute Gasteiger partial charge is 0.503 e. The summed E-state index contributed by atoms with van der Waals surface area (Å²) in [7, 11) is 3.38. The fourth-order valence-electron chi connectivity index (χ4n) is 0.860. The highest BCUT2D eigenvalue weighted by Gasteiger charge is 1.99. The van der Waals surface area contributed by atoms with E-state index in [0.29, 0.717) is 0 Å². The van der Waals surface area contributed by atoms with E-state index >= 15 is 0 Å². The number of rotatable bonds is 6. The van der Waals surface area contributed by atoms with Gasteiger partial charge in [-0.3, -0.25) is 5.01 Å². The van der Waals surface area contributed by atoms with Gasteiger partial charge in [0.15, 0.2) is 0 Å². The normalized spacial score (nSPS) is 12.1. The molecule has 0 radical (unpaired) electrons. The zero-order valence-corrected chi connectivity index (χ0v) is 9.71. The lowest BCUT2D eigenvalue weighted by atomic mass is 10.5. The first-order chi connectivity index (χ1) is 7.15. The minimum atomic E-state index is 0.899. The van der Waals surface area contributed by atoms with Crippen molar-refractivity contribution in [1.82, 2.24) is 10.0 Å². The van der Waals surface area contributed by atoms with Crippen LogP contribution in [-0.4, -0.2) is 37.1 Å². The lowest BCUT2D eigenvalue weighted by molar-refractivity contribution is 0.324. The number of hydrogen-bond acceptors (Lipinski definition) is 5. The van der Waals surface area contributed by atoms with Crippen LogP contribution in [0.25, 0.3) is 0 Å². The van der Waals surface area contributed by atoms with E-state index in [0.717, 1.165) is 5.70 Å². The molecule has 0 N–H and O–H groups in total. The number of hydrogen-bond donors (Lipinski definition) is 0. The van der Waals surface area contributed by atoms with Crippen LogP contribution in [0.3, 0.4) is 0 Å². The predicted octanol–water partition coefficient (Wildman–Crippen LogP) is 1.82. The van der Waals surface area contributed by atoms with E-state index in [1.807, 2.05) is 13.8 Å². The van der Waals surface area contributed by atoms with Crippen LogP contribution in [0.1, 0.15) is 13.8 Å². The van der Waals surface area contributed by atoms with Gasteiger partial charge < -0.3 is 4.74 Å². The van der Waals surface area contributed by atoms with E-state index < -0.39 is 0 Å². The van der Waals surface area contributed by atoms with Gasteiger partial charge >= 0.3 is 0 Å². The fraction of sp³-hybridized carbons (Fsp3) is 0.400. The van der Waals surface area contributed by atoms with Crippen LogP contribution in [0.15, 0.2) is 34.6 Å². The molecule has 0 heterocycles. The molecule has 0 unspecified atom stereocenters. The number of methoxy groups -OCH3 is 1. The van der Waals surface area contributed by atoms with Gasteiger partial charge in [-0.1, -0.05) is 0 Å². The molecule has 0 spiro atoms. The molecule has 5 heteroatoms. The Bertz CT molecular complexity index is 271. The average molecular weight is 210 g/mol. The molecule has 0 aliphatic rings. The van der Waals surface area contributed by atoms with Gasteiger partial charge in [0.2, 0.25) is 0 Å². The molecule has 0 amide bonds. The van der Waals surface area contributed by atoms with Crippen LogP contribution < -0.4 is 0 Å². The Morgan fingerprint density at radius 3 is 2.60 bits per heavy atom. The Morgan fingerprint density at radius 1 is 1.47 bits per heavy atom. The van der Waals surface area contributed by atoms with Crippen molar-refractivity contribution < 1.29 is 4.74 Å². The maximum Gasteiger partial charge on any atom is 0.101 e. The maximum absolute atomic E-state index is 4.83. The summed E-state index contributed by atoms with van der Waals surface area (Å²) in [4.78, 5) is 0. The molecule has 84 valence electrons. The summed E-state index contributed by atoms with van der Waals surface area (Å²) >= 11 is 0. The topological polar surface area (TPSA) is 40.4 Å². The summed E-state index contributed by atoms with van der Waals surface area (Å²) in [5.41, 5.74) is 0.899. The third kappa shape index (κ3) is 5.51. The van der Waals surface area contributed by atoms with Gasteiger partial charge in [0.1, 0.15) is 6.26 Å². The maximum atomic E-state index is 4.83. The zero-order chi connectivity index (χ0) is 11.7. The molecule has 5 nitrogen and oxygen atoms in total. The molecule has 0 atom stereocenters. The van der Waals surface area contributed by atoms with E-state index in [1.165, 1.54) is 0 Å². The Morgan fingerprint density at radius 2 is 2.13 bits per heavy atom. The van der Waals surface area contributed by atoms with Gasteiger partial charge in [-0.05, 0) is 13.8 Å². The van der Waals surface area contributed by atoms with Crippen molar-refractivity contribution in [3.8, 4) is 0 Å². The molecule has 0 aromatic heterocycles. The molecular weight excluding hydrogens is 192 g/mol. The molecule has 0 saturated carbocycles. The molecule has 0 saturated heterocycles. The molecular formula is C10H18N4O. The highest BCUT2D eigenvalue weighted by Crippen LogP contribution is 2.06. The second-order valence-electron chi connectivity index (χ2n) is 2.72. The van der Waals surface area contributed by atoms with E-state index in [2.05, 4.69) is 16.9 Å². The summed E-state index contributed by atoms with van der Waals surface area (Å²) in [5.74, 6) is 0. The molecule has 0 aromatic carbocycles. The van der Waals surface area contributed by atoms with Gasteiger partial charge in [0.25, 0.3) is 0 Å². The van der Waals surface area contributed by atoms with Crippen molar-refractivity contribution in [2.24, 2.45) is 10.2 Å². The van der Waals surface area contributed by atoms with Gasteiger partial charge in [-0.2, -0.15) is 10.2 Å². The standard InChI is InChI=1S/C10H18N4O/c1-6-12-14(7-8-15-5)10(2)9-13(4)11-3/h6-9H,3H2,1-2,4-5H3/b8-7-,10-9+,12-6+. The average Bonchev–Trinajstić information content (AvgIpc) is 2.23. The minimum Gasteiger partial charge on any atom is -0.503 e. The monoisotopic (exact) mass is 210 g/mol. The van der Waals surface area contributed by atoms with Crippen molar-refractivity contribution in [3.63, 3.8) is 0 Å². The van der Waals surface area contributed by atoms with Crippen molar-refractivity contribution >= 4 is 12.9 Å². The number of ether oxygens (including phenoxy) is 1. The molecule has 0 fully saturated rings. The Labute approximate surface area is 91.0 Å². The third-order valence-corrected chi connectivity index (χ3v) is 1.54. The molecule has 0 bridgehead atoms. The third-order valence-electron chi connectivity index (χ3n) is 1.54. The summed E-state index contributed by atoms with van der Waals surface area (Å²) in [6, 6.07) is 0. The highest BCUT2D eigenvalue weighted by molar-refractivity contribution is 5.53. The van der Waals surface area contributed by atoms with Crippen LogP contribution in [0, 0.1) is 0 Å². The molecule has 0 aromatic rings. The van der Waals surface area contributed by atoms with Gasteiger partial charge in [-0.15, -0.1) is 0 Å². The number of nitrogens with zero attached hydrogens (tertiary/aromatic N) is 4. The Kier molecular flexibility index (Phi) is 6.70. The lowest BCUT2D eigenvalue weighted by Gasteiger charge is -2.16. The highest BCUT2D eigenvalue weighted by atomic mass is 16.5. The summed E-state index contributed by atoms with van der Waals surface area (Å²) < 4.78 is 4.83. The van der Waals surface area contributed by atoms with E-state index in [-0.39, 0.29) is 0 Å². The smallest absolute Gasteiger partial charge is 0.101 e. The molecule has 15 heavy (non-hydrogen) atoms. The van der Waals surface area contributed by atoms with Crippen molar-refractivity contribution in [2.45, 2.75) is 13.8 Å². The minimum absolute atomic E-state index is 0.899. The summed E-state index contributed by atoms with van der Waals surface area (Å²) in [6.07, 6.45) is 6.76. The van der Waals surface area contributed by atoms with E-state index in [1.54, 1.807) is 49.1 Å². The number of allylic oxidation sites excluding steroid dienone is 1. The van der Waals surface area contributed by atoms with E-state index in [9.17, 15) is 0 Å². The first-order valence-electron chi connectivity index (χ1n) is 4.50. The predicted molar refractivity (Wildman–Crippen MR) is 63.2 cm³/mol. The van der Waals surface area contributed by atoms with Gasteiger partial charge in [-0.25, -0.2) is 5.01 Å². The van der Waals surface area contributed by atoms with Gasteiger partial charge in [0, 0.05) is 26.2 Å². The van der Waals surface area contributed by atoms with Crippen LogP contribution in [0.4, 0.5) is 0 Å². The van der Waals surface area contributed by atoms with Crippen LogP contribution in [0.2, 0.25) is 0 Å². The van der Waals surface area contributed by atoms with E-state index in [4.69, 9.17) is 4.74 Å².